The predicted molar refractivity (Wildman–Crippen MR) is 182 cm³/mol. The van der Waals surface area contributed by atoms with Gasteiger partial charge in [0.05, 0.1) is 0 Å². The fraction of sp³-hybridized carbons (Fsp3) is 0.405. The van der Waals surface area contributed by atoms with Gasteiger partial charge < -0.3 is 25.6 Å². The Labute approximate surface area is 272 Å². The highest BCUT2D eigenvalue weighted by atomic mass is 16.6. The average Bonchev–Trinajstić information content (AvgIpc) is 2.96. The topological polar surface area (TPSA) is 122 Å². The third-order valence-electron chi connectivity index (χ3n) is 7.69. The Morgan fingerprint density at radius 1 is 0.804 bits per heavy atom. The monoisotopic (exact) mass is 628 g/mol. The van der Waals surface area contributed by atoms with Gasteiger partial charge in [0.2, 0.25) is 17.7 Å². The highest BCUT2D eigenvalue weighted by molar-refractivity contribution is 5.95. The van der Waals surface area contributed by atoms with Gasteiger partial charge in [0.15, 0.2) is 0 Å². The van der Waals surface area contributed by atoms with Crippen molar-refractivity contribution in [3.05, 3.63) is 95.6 Å². The minimum absolute atomic E-state index is 0.228. The molecule has 0 saturated heterocycles. The van der Waals surface area contributed by atoms with Gasteiger partial charge in [0.1, 0.15) is 17.7 Å². The molecule has 0 saturated carbocycles. The number of nitrogens with one attached hydrogen (secondary N) is 1. The van der Waals surface area contributed by atoms with E-state index < -0.39 is 41.1 Å². The van der Waals surface area contributed by atoms with Crippen molar-refractivity contribution in [2.24, 2.45) is 5.73 Å². The molecule has 3 N–H and O–H groups in total. The first-order valence-electron chi connectivity index (χ1n) is 15.5. The average molecular weight is 629 g/mol. The van der Waals surface area contributed by atoms with E-state index in [1.54, 1.807) is 41.8 Å². The molecule has 9 heteroatoms. The zero-order valence-corrected chi connectivity index (χ0v) is 28.3. The maximum atomic E-state index is 14.2. The normalized spacial score (nSPS) is 13.4. The fourth-order valence-corrected chi connectivity index (χ4v) is 5.47. The Balaban J connectivity index is 1.88. The van der Waals surface area contributed by atoms with Crippen molar-refractivity contribution < 1.29 is 23.9 Å². The summed E-state index contributed by atoms with van der Waals surface area (Å²) in [6, 6.07) is 21.4. The van der Waals surface area contributed by atoms with Gasteiger partial charge >= 0.3 is 6.09 Å². The van der Waals surface area contributed by atoms with Crippen molar-refractivity contribution in [1.29, 1.82) is 0 Å². The van der Waals surface area contributed by atoms with Crippen LogP contribution in [0, 0.1) is 0 Å². The molecule has 4 amide bonds. The zero-order chi connectivity index (χ0) is 34.2. The molecule has 0 aliphatic carbocycles. The van der Waals surface area contributed by atoms with Crippen LogP contribution in [0.5, 0.6) is 0 Å². The van der Waals surface area contributed by atoms with Crippen molar-refractivity contribution in [3.63, 3.8) is 0 Å². The molecule has 0 aliphatic rings. The summed E-state index contributed by atoms with van der Waals surface area (Å²) in [7, 11) is 3.14. The summed E-state index contributed by atoms with van der Waals surface area (Å²) in [4.78, 5) is 55.6. The molecule has 0 unspecified atom stereocenters. The standard InChI is InChI=1S/C37H48N4O5/c1-25(24-37(5,6)39-35(45)46-36(2,3)4)20-32(42)40(7)31(23-27-18-19-28-16-12-13-17-29(28)21-27)34(44)41(8)30(33(38)43)22-26-14-10-9-11-15-26/h9-21,30-31H,22-24H2,1-8H3,(H2,38,43)(H,39,45)/b25-20+/t30-,31-/m1/s1. The Kier molecular flexibility index (Phi) is 11.7. The number of carbonyl (C=O) groups excluding carboxylic acids is 4. The molecule has 46 heavy (non-hydrogen) atoms. The molecule has 0 spiro atoms. The van der Waals surface area contributed by atoms with Gasteiger partial charge in [-0.15, -0.1) is 0 Å². The second-order valence-electron chi connectivity index (χ2n) is 13.6. The molecule has 3 aromatic rings. The van der Waals surface area contributed by atoms with Gasteiger partial charge in [-0.3, -0.25) is 14.4 Å². The summed E-state index contributed by atoms with van der Waals surface area (Å²) in [5.74, 6) is -1.41. The van der Waals surface area contributed by atoms with Gasteiger partial charge in [-0.2, -0.15) is 0 Å². The number of nitrogens with two attached hydrogens (primary N) is 1. The lowest BCUT2D eigenvalue weighted by molar-refractivity contribution is -0.145. The third-order valence-corrected chi connectivity index (χ3v) is 7.69. The smallest absolute Gasteiger partial charge is 0.408 e. The van der Waals surface area contributed by atoms with Gasteiger partial charge in [-0.1, -0.05) is 78.4 Å². The first-order valence-corrected chi connectivity index (χ1v) is 15.5. The molecule has 9 nitrogen and oxygen atoms in total. The van der Waals surface area contributed by atoms with E-state index in [9.17, 15) is 19.2 Å². The summed E-state index contributed by atoms with van der Waals surface area (Å²) < 4.78 is 5.39. The van der Waals surface area contributed by atoms with Gasteiger partial charge in [-0.05, 0) is 69.9 Å². The number of carbonyl (C=O) groups is 4. The van der Waals surface area contributed by atoms with Crippen molar-refractivity contribution in [1.82, 2.24) is 15.1 Å². The molecule has 0 heterocycles. The van der Waals surface area contributed by atoms with Crippen LogP contribution in [-0.4, -0.2) is 70.9 Å². The highest BCUT2D eigenvalue weighted by Gasteiger charge is 2.34. The number of benzene rings is 3. The number of fused-ring (bicyclic) bond motifs is 1. The SMILES string of the molecule is C/C(=C\C(=O)N(C)[C@H](Cc1ccc2ccccc2c1)C(=O)N(C)[C@H](Cc1ccccc1)C(N)=O)CC(C)(C)NC(=O)OC(C)(C)C. The van der Waals surface area contributed by atoms with Crippen LogP contribution in [0.2, 0.25) is 0 Å². The van der Waals surface area contributed by atoms with E-state index in [2.05, 4.69) is 5.32 Å². The maximum absolute atomic E-state index is 14.2. The van der Waals surface area contributed by atoms with E-state index in [1.165, 1.54) is 15.9 Å². The molecular weight excluding hydrogens is 580 g/mol. The van der Waals surface area contributed by atoms with Crippen molar-refractivity contribution in [2.45, 2.75) is 84.0 Å². The summed E-state index contributed by atoms with van der Waals surface area (Å²) in [6.45, 7) is 10.9. The van der Waals surface area contributed by atoms with Crippen LogP contribution in [-0.2, 0) is 32.0 Å². The molecule has 3 rings (SSSR count). The lowest BCUT2D eigenvalue weighted by Gasteiger charge is -2.34. The molecule has 2 atom stereocenters. The minimum atomic E-state index is -0.923. The van der Waals surface area contributed by atoms with Gasteiger partial charge in [-0.25, -0.2) is 4.79 Å². The van der Waals surface area contributed by atoms with E-state index in [1.807, 2.05) is 86.6 Å². The first-order chi connectivity index (χ1) is 21.5. The van der Waals surface area contributed by atoms with Crippen LogP contribution < -0.4 is 11.1 Å². The van der Waals surface area contributed by atoms with Crippen LogP contribution in [0.4, 0.5) is 4.79 Å². The first kappa shape index (κ1) is 35.8. The lowest BCUT2D eigenvalue weighted by atomic mass is 9.95. The molecule has 0 aromatic heterocycles. The Hall–Kier alpha value is -4.66. The summed E-state index contributed by atoms with van der Waals surface area (Å²) in [5, 5.41) is 4.94. The van der Waals surface area contributed by atoms with E-state index in [0.717, 1.165) is 21.9 Å². The quantitative estimate of drug-likeness (QED) is 0.260. The number of hydrogen-bond acceptors (Lipinski definition) is 5. The van der Waals surface area contributed by atoms with E-state index >= 15 is 0 Å². The van der Waals surface area contributed by atoms with Crippen LogP contribution in [0.3, 0.4) is 0 Å². The number of alkyl carbamates (subject to hydrolysis) is 1. The van der Waals surface area contributed by atoms with Crippen molar-refractivity contribution in [3.8, 4) is 0 Å². The van der Waals surface area contributed by atoms with E-state index in [0.29, 0.717) is 12.0 Å². The fourth-order valence-electron chi connectivity index (χ4n) is 5.47. The van der Waals surface area contributed by atoms with Crippen LogP contribution >= 0.6 is 0 Å². The number of hydrogen-bond donors (Lipinski definition) is 2. The molecule has 0 radical (unpaired) electrons. The minimum Gasteiger partial charge on any atom is -0.444 e. The molecular formula is C37H48N4O5. The van der Waals surface area contributed by atoms with Crippen molar-refractivity contribution in [2.75, 3.05) is 14.1 Å². The number of amides is 4. The molecule has 3 aromatic carbocycles. The van der Waals surface area contributed by atoms with Crippen LogP contribution in [0.25, 0.3) is 10.8 Å². The zero-order valence-electron chi connectivity index (χ0n) is 28.3. The van der Waals surface area contributed by atoms with Gasteiger partial charge in [0.25, 0.3) is 0 Å². The molecule has 246 valence electrons. The van der Waals surface area contributed by atoms with Crippen LogP contribution in [0.15, 0.2) is 84.4 Å². The van der Waals surface area contributed by atoms with E-state index in [-0.39, 0.29) is 18.7 Å². The number of ether oxygens (including phenoxy) is 1. The lowest BCUT2D eigenvalue weighted by Crippen LogP contribution is -2.55. The third kappa shape index (κ3) is 10.5. The van der Waals surface area contributed by atoms with Crippen molar-refractivity contribution >= 4 is 34.6 Å². The molecule has 0 aliphatic heterocycles. The Morgan fingerprint density at radius 3 is 2.00 bits per heavy atom. The number of rotatable bonds is 12. The number of primary amides is 1. The number of nitrogens with zero attached hydrogens (tertiary/aromatic N) is 2. The predicted octanol–water partition coefficient (Wildman–Crippen LogP) is 5.40. The Morgan fingerprint density at radius 2 is 1.39 bits per heavy atom. The summed E-state index contributed by atoms with van der Waals surface area (Å²) in [5.41, 5.74) is 6.91. The molecule has 0 fully saturated rings. The molecule has 0 bridgehead atoms. The Bertz CT molecular complexity index is 1580. The second kappa shape index (κ2) is 15.1. The largest absolute Gasteiger partial charge is 0.444 e. The van der Waals surface area contributed by atoms with Crippen LogP contribution in [0.1, 0.15) is 59.1 Å². The maximum Gasteiger partial charge on any atom is 0.408 e. The van der Waals surface area contributed by atoms with Gasteiger partial charge in [0, 0.05) is 38.6 Å². The summed E-state index contributed by atoms with van der Waals surface area (Å²) >= 11 is 0. The highest BCUT2D eigenvalue weighted by Crippen LogP contribution is 2.21. The van der Waals surface area contributed by atoms with E-state index in [4.69, 9.17) is 10.5 Å². The number of likely N-dealkylation sites (N-methyl/N-ethyl adjacent to an activating group) is 2. The summed E-state index contributed by atoms with van der Waals surface area (Å²) in [6.07, 6.45) is 1.78. The second-order valence-corrected chi connectivity index (χ2v) is 13.6.